The molecule has 2 aromatic rings. The van der Waals surface area contributed by atoms with Crippen molar-refractivity contribution in [3.05, 3.63) is 132 Å². The first-order valence-electron chi connectivity index (χ1n) is 11.9. The Morgan fingerprint density at radius 3 is 2.26 bits per heavy atom. The molecule has 2 aliphatic rings. The summed E-state index contributed by atoms with van der Waals surface area (Å²) < 4.78 is 5.14. The largest absolute Gasteiger partial charge is 2.00 e. The van der Waals surface area contributed by atoms with Crippen LogP contribution in [-0.4, -0.2) is 23.1 Å². The molecule has 0 N–H and O–H groups in total. The zero-order valence-electron chi connectivity index (χ0n) is 20.5. The summed E-state index contributed by atoms with van der Waals surface area (Å²) in [4.78, 5) is 0. The Kier molecular flexibility index (Phi) is 17.9. The fraction of sp³-hybridized carbons (Fsp3) is 0.226. The van der Waals surface area contributed by atoms with Crippen LogP contribution < -0.4 is 0 Å². The van der Waals surface area contributed by atoms with Gasteiger partial charge in [0.25, 0.3) is 0 Å². The molecule has 34 heavy (non-hydrogen) atoms. The molecule has 0 spiro atoms. The van der Waals surface area contributed by atoms with Gasteiger partial charge < -0.3 is 4.74 Å². The van der Waals surface area contributed by atoms with Crippen LogP contribution in [-0.2, 0) is 30.9 Å². The molecule has 2 aromatic carbocycles. The summed E-state index contributed by atoms with van der Waals surface area (Å²) in [5, 5.41) is 0. The van der Waals surface area contributed by atoms with Gasteiger partial charge in [-0.1, -0.05) is 98.1 Å². The molecule has 0 saturated heterocycles. The number of ether oxygens (including phenoxy) is 1. The van der Waals surface area contributed by atoms with Gasteiger partial charge in [0, 0.05) is 23.1 Å². The average molecular weight is 544 g/mol. The van der Waals surface area contributed by atoms with E-state index in [1.54, 1.807) is 0 Å². The van der Waals surface area contributed by atoms with Crippen molar-refractivity contribution in [2.24, 2.45) is 0 Å². The Hall–Kier alpha value is -2.06. The van der Waals surface area contributed by atoms with Gasteiger partial charge in [0.2, 0.25) is 0 Å². The third-order valence-corrected chi connectivity index (χ3v) is 5.26. The fourth-order valence-corrected chi connectivity index (χ4v) is 3.39. The first-order valence-corrected chi connectivity index (χ1v) is 13.3. The van der Waals surface area contributed by atoms with Gasteiger partial charge in [0.1, 0.15) is 0 Å². The van der Waals surface area contributed by atoms with E-state index in [1.165, 1.54) is 45.4 Å². The maximum absolute atomic E-state index is 5.14. The van der Waals surface area contributed by atoms with Crippen LogP contribution in [0.2, 0.25) is 0 Å². The van der Waals surface area contributed by atoms with Crippen molar-refractivity contribution in [2.75, 3.05) is 12.8 Å². The van der Waals surface area contributed by atoms with Crippen LogP contribution in [0.5, 0.6) is 0 Å². The summed E-state index contributed by atoms with van der Waals surface area (Å²) in [6.45, 7) is 3.15. The number of allylic oxidation sites excluding steroid dienone is 11. The molecule has 2 aliphatic carbocycles. The summed E-state index contributed by atoms with van der Waals surface area (Å²) in [6, 6.07) is 20.8. The van der Waals surface area contributed by atoms with Gasteiger partial charge >= 0.3 is 26.2 Å². The predicted octanol–water partition coefficient (Wildman–Crippen LogP) is 6.90. The van der Waals surface area contributed by atoms with Crippen LogP contribution in [0.3, 0.4) is 0 Å². The fourth-order valence-electron chi connectivity index (χ4n) is 3.10. The van der Waals surface area contributed by atoms with Gasteiger partial charge in [-0.05, 0) is 12.0 Å². The van der Waals surface area contributed by atoms with E-state index in [4.69, 9.17) is 4.74 Å². The van der Waals surface area contributed by atoms with Gasteiger partial charge in [-0.3, -0.25) is 6.08 Å². The van der Waals surface area contributed by atoms with Crippen molar-refractivity contribution in [1.29, 1.82) is 0 Å². The predicted molar refractivity (Wildman–Crippen MR) is 148 cm³/mol. The van der Waals surface area contributed by atoms with Crippen molar-refractivity contribution in [3.8, 4) is 0 Å². The maximum Gasteiger partial charge on any atom is 2.00 e. The molecular weight excluding hydrogens is 508 g/mol. The third-order valence-electron chi connectivity index (χ3n) is 4.85. The molecular formula is C31H36OSiZr. The van der Waals surface area contributed by atoms with Crippen LogP contribution >= 0.6 is 0 Å². The molecule has 174 valence electrons. The molecule has 0 saturated carbocycles. The van der Waals surface area contributed by atoms with Crippen molar-refractivity contribution >= 4 is 21.9 Å². The molecule has 0 aromatic heterocycles. The second-order valence-electron chi connectivity index (χ2n) is 7.47. The molecule has 3 heteroatoms. The normalized spacial score (nSPS) is 13.7. The summed E-state index contributed by atoms with van der Waals surface area (Å²) in [5.41, 5.74) is 4.83. The van der Waals surface area contributed by atoms with E-state index < -0.39 is 0 Å². The summed E-state index contributed by atoms with van der Waals surface area (Å²) in [6.07, 6.45) is 28.5. The van der Waals surface area contributed by atoms with Crippen molar-refractivity contribution < 1.29 is 30.9 Å². The van der Waals surface area contributed by atoms with E-state index in [-0.39, 0.29) is 26.2 Å². The van der Waals surface area contributed by atoms with Crippen LogP contribution in [0.15, 0.2) is 109 Å². The number of hydrogen-bond donors (Lipinski definition) is 0. The van der Waals surface area contributed by atoms with Crippen LogP contribution in [0.4, 0.5) is 0 Å². The number of unbranched alkanes of at least 4 members (excludes halogenated alkanes) is 1. The number of benzene rings is 2. The minimum absolute atomic E-state index is 0. The van der Waals surface area contributed by atoms with Gasteiger partial charge in [0.05, 0.1) is 0 Å². The quantitative estimate of drug-likeness (QED) is 0.152. The Morgan fingerprint density at radius 1 is 1.00 bits per heavy atom. The molecule has 0 amide bonds. The topological polar surface area (TPSA) is 9.23 Å². The first kappa shape index (κ1) is 30.0. The molecule has 0 atom stereocenters. The standard InChI is InChI=1S/C21H17.C5H14OSi.C5H5.Zr/c1-3-10-18(11-4-1)12-9-17-21(20-15-7-8-16-20)19-13-5-2-6-14-19;1-2-3-4-6-5-7;1-2-4-5-3-1;/h1-7,9-15,17H,8H2;2-5H2,1,7H3;1-3H,4H2;/q-1;;-1;+2. The monoisotopic (exact) mass is 542 g/mol. The molecule has 4 rings (SSSR count). The maximum atomic E-state index is 5.14. The van der Waals surface area contributed by atoms with Gasteiger partial charge in [0.15, 0.2) is 0 Å². The first-order chi connectivity index (χ1) is 16.3. The molecule has 0 aliphatic heterocycles. The average Bonchev–Trinajstić information content (AvgIpc) is 3.62. The summed E-state index contributed by atoms with van der Waals surface area (Å²) >= 11 is 0. The smallest absolute Gasteiger partial charge is 0.386 e. The van der Waals surface area contributed by atoms with Crippen LogP contribution in [0, 0.1) is 12.2 Å². The van der Waals surface area contributed by atoms with Gasteiger partial charge in [-0.25, -0.2) is 12.2 Å². The third kappa shape index (κ3) is 13.0. The SMILES string of the molecule is CCCCOC[SiH3].[C-]1=C(C(=CC=Cc2ccccc2)c2ccccc2)C=CC1.[C-]1=CC=CC1.[Zr+2]. The van der Waals surface area contributed by atoms with E-state index in [0.29, 0.717) is 0 Å². The van der Waals surface area contributed by atoms with Crippen molar-refractivity contribution in [1.82, 2.24) is 0 Å². The number of hydrogen-bond acceptors (Lipinski definition) is 1. The van der Waals surface area contributed by atoms with E-state index in [9.17, 15) is 0 Å². The summed E-state index contributed by atoms with van der Waals surface area (Å²) in [5.74, 6) is 0. The van der Waals surface area contributed by atoms with Crippen molar-refractivity contribution in [2.45, 2.75) is 32.6 Å². The Labute approximate surface area is 229 Å². The second kappa shape index (κ2) is 20.3. The van der Waals surface area contributed by atoms with Crippen LogP contribution in [0.1, 0.15) is 43.7 Å². The van der Waals surface area contributed by atoms with Crippen LogP contribution in [0.25, 0.3) is 11.6 Å². The van der Waals surface area contributed by atoms with Gasteiger partial charge in [-0.2, -0.15) is 23.8 Å². The number of rotatable bonds is 8. The molecule has 0 unspecified atom stereocenters. The molecule has 0 heterocycles. The van der Waals surface area contributed by atoms with E-state index >= 15 is 0 Å². The van der Waals surface area contributed by atoms with Crippen molar-refractivity contribution in [3.63, 3.8) is 0 Å². The molecule has 1 nitrogen and oxygen atoms in total. The minimum atomic E-state index is 0. The molecule has 0 bridgehead atoms. The Balaban J connectivity index is 0.000000368. The Bertz CT molecular complexity index is 939. The molecule has 0 radical (unpaired) electrons. The van der Waals surface area contributed by atoms with E-state index in [2.05, 4.69) is 104 Å². The van der Waals surface area contributed by atoms with Gasteiger partial charge in [-0.15, -0.1) is 24.1 Å². The van der Waals surface area contributed by atoms with E-state index in [0.717, 1.165) is 25.7 Å². The summed E-state index contributed by atoms with van der Waals surface area (Å²) in [7, 11) is 1.18. The second-order valence-corrected chi connectivity index (χ2v) is 8.04. The Morgan fingerprint density at radius 2 is 1.74 bits per heavy atom. The van der Waals surface area contributed by atoms with E-state index in [1.807, 2.05) is 24.3 Å². The zero-order valence-corrected chi connectivity index (χ0v) is 25.0. The minimum Gasteiger partial charge on any atom is -0.386 e. The zero-order chi connectivity index (χ0) is 23.4. The molecule has 0 fully saturated rings.